The smallest absolute Gasteiger partial charge is 0.137 e. The number of piperazine rings is 1. The summed E-state index contributed by atoms with van der Waals surface area (Å²) in [4.78, 5) is 7.00. The van der Waals surface area contributed by atoms with Crippen LogP contribution >= 0.6 is 0 Å². The molecule has 1 aliphatic heterocycles. The molecule has 2 aromatic rings. The molecular formula is C22H29N5O. The summed E-state index contributed by atoms with van der Waals surface area (Å²) in [5.41, 5.74) is 5.16. The van der Waals surface area contributed by atoms with Gasteiger partial charge in [0, 0.05) is 50.2 Å². The minimum absolute atomic E-state index is 0.464. The van der Waals surface area contributed by atoms with E-state index < -0.39 is 0 Å². The number of hydrogen-bond acceptors (Lipinski definition) is 6. The van der Waals surface area contributed by atoms with Gasteiger partial charge in [-0.15, -0.1) is 0 Å². The number of nitrogens with zero attached hydrogens (tertiary/aromatic N) is 2. The topological polar surface area (TPSA) is 73.3 Å². The molecule has 148 valence electrons. The van der Waals surface area contributed by atoms with E-state index in [1.807, 2.05) is 20.0 Å². The number of anilines is 2. The van der Waals surface area contributed by atoms with Gasteiger partial charge in [0.15, 0.2) is 0 Å². The van der Waals surface area contributed by atoms with E-state index in [1.54, 1.807) is 6.92 Å². The van der Waals surface area contributed by atoms with Crippen LogP contribution in [0.25, 0.3) is 16.9 Å². The van der Waals surface area contributed by atoms with E-state index in [1.165, 1.54) is 5.69 Å². The summed E-state index contributed by atoms with van der Waals surface area (Å²) >= 11 is 0. The Bertz CT molecular complexity index is 854. The lowest BCUT2D eigenvalue weighted by atomic mass is 9.96. The second kappa shape index (κ2) is 8.89. The molecule has 6 nitrogen and oxygen atoms in total. The Balaban J connectivity index is 2.04. The van der Waals surface area contributed by atoms with Crippen LogP contribution in [0.3, 0.4) is 0 Å². The fraction of sp³-hybridized carbons (Fsp3) is 0.364. The lowest BCUT2D eigenvalue weighted by Crippen LogP contribution is -2.43. The molecule has 6 heteroatoms. The summed E-state index contributed by atoms with van der Waals surface area (Å²) in [5.74, 6) is 1.19. The molecule has 0 amide bonds. The first-order chi connectivity index (χ1) is 13.5. The van der Waals surface area contributed by atoms with Gasteiger partial charge in [-0.25, -0.2) is 4.98 Å². The van der Waals surface area contributed by atoms with Crippen molar-refractivity contribution in [2.75, 3.05) is 50.1 Å². The van der Waals surface area contributed by atoms with E-state index in [0.717, 1.165) is 42.9 Å². The van der Waals surface area contributed by atoms with Gasteiger partial charge >= 0.3 is 0 Å². The van der Waals surface area contributed by atoms with E-state index in [9.17, 15) is 0 Å². The normalized spacial score (nSPS) is 13.9. The van der Waals surface area contributed by atoms with Crippen molar-refractivity contribution in [3.8, 4) is 11.1 Å². The fourth-order valence-corrected chi connectivity index (χ4v) is 3.50. The summed E-state index contributed by atoms with van der Waals surface area (Å²) in [6.45, 7) is 12.3. The van der Waals surface area contributed by atoms with Gasteiger partial charge in [-0.05, 0) is 43.2 Å². The van der Waals surface area contributed by atoms with Crippen molar-refractivity contribution in [1.29, 1.82) is 5.41 Å². The predicted octanol–water partition coefficient (Wildman–Crippen LogP) is 3.59. The minimum atomic E-state index is 0.464. The zero-order chi connectivity index (χ0) is 20.1. The highest BCUT2D eigenvalue weighted by Gasteiger charge is 2.18. The molecule has 0 spiro atoms. The average molecular weight is 380 g/mol. The molecule has 28 heavy (non-hydrogen) atoms. The summed E-state index contributed by atoms with van der Waals surface area (Å²) in [6, 6.07) is 10.5. The van der Waals surface area contributed by atoms with Crippen molar-refractivity contribution in [3.05, 3.63) is 48.2 Å². The van der Waals surface area contributed by atoms with Crippen LogP contribution in [0.4, 0.5) is 11.5 Å². The number of hydrogen-bond donors (Lipinski definition) is 3. The fourth-order valence-electron chi connectivity index (χ4n) is 3.50. The van der Waals surface area contributed by atoms with Crippen LogP contribution in [0.2, 0.25) is 0 Å². The van der Waals surface area contributed by atoms with Crippen molar-refractivity contribution >= 4 is 23.0 Å². The molecule has 0 bridgehead atoms. The zero-order valence-corrected chi connectivity index (χ0v) is 16.9. The molecule has 1 aromatic heterocycles. The monoisotopic (exact) mass is 379 g/mol. The maximum Gasteiger partial charge on any atom is 0.137 e. The maximum absolute atomic E-state index is 8.28. The van der Waals surface area contributed by atoms with Crippen molar-refractivity contribution in [1.82, 2.24) is 10.3 Å². The highest BCUT2D eigenvalue weighted by atomic mass is 16.5. The first kappa shape index (κ1) is 19.9. The van der Waals surface area contributed by atoms with Crippen LogP contribution in [0.5, 0.6) is 0 Å². The quantitative estimate of drug-likeness (QED) is 0.506. The number of rotatable bonds is 7. The molecule has 1 aliphatic rings. The van der Waals surface area contributed by atoms with Gasteiger partial charge in [0.25, 0.3) is 0 Å². The SMILES string of the molecule is C=C(OCC)c1cc(-c2ccc(N3CCNCC3)cc2)c(C(C)=N)c(NC)n1. The molecule has 1 aromatic carbocycles. The van der Waals surface area contributed by atoms with Gasteiger partial charge in [0.2, 0.25) is 0 Å². The van der Waals surface area contributed by atoms with E-state index in [2.05, 4.69) is 51.4 Å². The number of ether oxygens (including phenoxy) is 1. The summed E-state index contributed by atoms with van der Waals surface area (Å²) in [7, 11) is 1.82. The highest BCUT2D eigenvalue weighted by molar-refractivity contribution is 6.07. The van der Waals surface area contributed by atoms with E-state index >= 15 is 0 Å². The maximum atomic E-state index is 8.28. The molecule has 0 unspecified atom stereocenters. The molecule has 3 rings (SSSR count). The predicted molar refractivity (Wildman–Crippen MR) is 117 cm³/mol. The Kier molecular flexibility index (Phi) is 6.31. The van der Waals surface area contributed by atoms with Gasteiger partial charge in [-0.1, -0.05) is 18.7 Å². The lowest BCUT2D eigenvalue weighted by Gasteiger charge is -2.29. The third-order valence-electron chi connectivity index (χ3n) is 4.90. The van der Waals surface area contributed by atoms with Gasteiger partial charge < -0.3 is 25.7 Å². The van der Waals surface area contributed by atoms with Gasteiger partial charge in [0.1, 0.15) is 17.3 Å². The summed E-state index contributed by atoms with van der Waals surface area (Å²) < 4.78 is 5.57. The van der Waals surface area contributed by atoms with Crippen LogP contribution < -0.4 is 15.5 Å². The minimum Gasteiger partial charge on any atom is -0.492 e. The molecule has 0 atom stereocenters. The molecule has 2 heterocycles. The Morgan fingerprint density at radius 2 is 1.96 bits per heavy atom. The van der Waals surface area contributed by atoms with Crippen molar-refractivity contribution in [2.45, 2.75) is 13.8 Å². The largest absolute Gasteiger partial charge is 0.492 e. The van der Waals surface area contributed by atoms with E-state index in [4.69, 9.17) is 10.1 Å². The van der Waals surface area contributed by atoms with Crippen LogP contribution in [0, 0.1) is 5.41 Å². The standard InChI is InChI=1S/C22H29N5O/c1-5-28-16(3)20-14-19(21(15(2)23)22(24-4)26-20)17-6-8-18(9-7-17)27-12-10-25-11-13-27/h6-9,14,23,25H,3,5,10-13H2,1-2,4H3,(H,24,26). The molecular weight excluding hydrogens is 350 g/mol. The first-order valence-electron chi connectivity index (χ1n) is 9.71. The number of pyridine rings is 1. The second-order valence-corrected chi connectivity index (χ2v) is 6.79. The Labute approximate surface area is 167 Å². The number of benzene rings is 1. The van der Waals surface area contributed by atoms with Crippen molar-refractivity contribution < 1.29 is 4.74 Å². The molecule has 0 aliphatic carbocycles. The lowest BCUT2D eigenvalue weighted by molar-refractivity contribution is 0.298. The summed E-state index contributed by atoms with van der Waals surface area (Å²) in [5, 5.41) is 14.8. The zero-order valence-electron chi connectivity index (χ0n) is 16.9. The molecule has 3 N–H and O–H groups in total. The Hall–Kier alpha value is -2.86. The number of nitrogens with one attached hydrogen (secondary N) is 3. The average Bonchev–Trinajstić information content (AvgIpc) is 2.73. The third-order valence-corrected chi connectivity index (χ3v) is 4.90. The van der Waals surface area contributed by atoms with Gasteiger partial charge in [0.05, 0.1) is 6.61 Å². The molecule has 1 saturated heterocycles. The highest BCUT2D eigenvalue weighted by Crippen LogP contribution is 2.32. The van der Waals surface area contributed by atoms with E-state index in [0.29, 0.717) is 29.6 Å². The van der Waals surface area contributed by atoms with Gasteiger partial charge in [-0.3, -0.25) is 0 Å². The van der Waals surface area contributed by atoms with Gasteiger partial charge in [-0.2, -0.15) is 0 Å². The van der Waals surface area contributed by atoms with Crippen LogP contribution in [-0.4, -0.2) is 50.5 Å². The Morgan fingerprint density at radius 3 is 2.54 bits per heavy atom. The van der Waals surface area contributed by atoms with E-state index in [-0.39, 0.29) is 0 Å². The summed E-state index contributed by atoms with van der Waals surface area (Å²) in [6.07, 6.45) is 0. The van der Waals surface area contributed by atoms with Crippen LogP contribution in [0.1, 0.15) is 25.1 Å². The Morgan fingerprint density at radius 1 is 1.29 bits per heavy atom. The molecule has 1 fully saturated rings. The molecule has 0 saturated carbocycles. The van der Waals surface area contributed by atoms with Crippen molar-refractivity contribution in [2.24, 2.45) is 0 Å². The number of aromatic nitrogens is 1. The first-order valence-corrected chi connectivity index (χ1v) is 9.71. The third kappa shape index (κ3) is 4.17. The second-order valence-electron chi connectivity index (χ2n) is 6.79. The van der Waals surface area contributed by atoms with Crippen molar-refractivity contribution in [3.63, 3.8) is 0 Å². The molecule has 0 radical (unpaired) electrons. The van der Waals surface area contributed by atoms with Crippen LogP contribution in [-0.2, 0) is 4.74 Å². The van der Waals surface area contributed by atoms with Crippen LogP contribution in [0.15, 0.2) is 36.9 Å².